The maximum absolute atomic E-state index is 13.1. The van der Waals surface area contributed by atoms with Gasteiger partial charge in [-0.25, -0.2) is 0 Å². The molecule has 0 aliphatic carbocycles. The van der Waals surface area contributed by atoms with E-state index in [1.807, 2.05) is 6.92 Å². The highest BCUT2D eigenvalue weighted by atomic mass is 16.3. The van der Waals surface area contributed by atoms with E-state index in [1.165, 1.54) is 53.4 Å². The zero-order valence-corrected chi connectivity index (χ0v) is 29.8. The first-order chi connectivity index (χ1) is 24.6. The molecular weight excluding hydrogens is 678 g/mol. The molecule has 0 atom stereocenters. The van der Waals surface area contributed by atoms with Crippen LogP contribution < -0.4 is 37.6 Å². The van der Waals surface area contributed by atoms with E-state index >= 15 is 0 Å². The van der Waals surface area contributed by atoms with Crippen LogP contribution >= 0.6 is 0 Å². The molecule has 0 aliphatic rings. The van der Waals surface area contributed by atoms with Crippen molar-refractivity contribution in [3.05, 3.63) is 84.5 Å². The summed E-state index contributed by atoms with van der Waals surface area (Å²) < 4.78 is 3.97. The van der Waals surface area contributed by atoms with Crippen LogP contribution in [0.15, 0.2) is 51.2 Å². The lowest BCUT2D eigenvalue weighted by atomic mass is 9.83. The second-order valence-electron chi connectivity index (χ2n) is 12.6. The minimum atomic E-state index is -0.891. The molecule has 3 aromatic heterocycles. The van der Waals surface area contributed by atoms with Crippen molar-refractivity contribution in [2.24, 2.45) is 21.1 Å². The standard InChI is InChI=1S/C35H47N7O10/c1-5-9-25(46)39-35(13-6-16-36-32(50)26-29(47)22(43)10-19-40(26)2,14-7-17-37-33(51)27-30(48)23(44)11-20-41(27)3)15-8-18-38-34(52)28-31(49)24(45)12-21-42(28)4/h10-12,19-21,47-49H,5-9,13-18H2,1-4H3,(H,36,50)(H,37,51)(H,38,52)(H,39,46). The van der Waals surface area contributed by atoms with Crippen molar-refractivity contribution in [3.8, 4) is 17.2 Å². The van der Waals surface area contributed by atoms with Gasteiger partial charge in [-0.3, -0.25) is 33.6 Å². The Bertz CT molecular complexity index is 1760. The highest BCUT2D eigenvalue weighted by Crippen LogP contribution is 2.26. The van der Waals surface area contributed by atoms with Crippen molar-refractivity contribution < 1.29 is 34.5 Å². The van der Waals surface area contributed by atoms with Gasteiger partial charge in [0.05, 0.1) is 0 Å². The van der Waals surface area contributed by atoms with Crippen molar-refractivity contribution in [2.45, 2.75) is 63.8 Å². The molecule has 4 amide bonds. The van der Waals surface area contributed by atoms with Crippen LogP contribution in [-0.2, 0) is 25.9 Å². The van der Waals surface area contributed by atoms with Gasteiger partial charge in [-0.1, -0.05) is 6.92 Å². The Balaban J connectivity index is 1.77. The van der Waals surface area contributed by atoms with E-state index in [0.717, 1.165) is 18.2 Å². The van der Waals surface area contributed by atoms with E-state index in [0.29, 0.717) is 44.9 Å². The van der Waals surface area contributed by atoms with Crippen LogP contribution in [0.25, 0.3) is 0 Å². The van der Waals surface area contributed by atoms with E-state index in [-0.39, 0.29) is 49.0 Å². The number of rotatable bonds is 18. The van der Waals surface area contributed by atoms with Gasteiger partial charge in [-0.2, -0.15) is 0 Å². The van der Waals surface area contributed by atoms with Crippen LogP contribution in [0.5, 0.6) is 17.2 Å². The number of hydrogen-bond donors (Lipinski definition) is 7. The van der Waals surface area contributed by atoms with Crippen LogP contribution in [-0.4, -0.2) is 77.8 Å². The van der Waals surface area contributed by atoms with Gasteiger partial charge >= 0.3 is 0 Å². The molecule has 0 saturated carbocycles. The number of aryl methyl sites for hydroxylation is 3. The number of nitrogens with zero attached hydrogens (tertiary/aromatic N) is 3. The number of amides is 4. The predicted octanol–water partition coefficient (Wildman–Crippen LogP) is 0.485. The molecule has 0 radical (unpaired) electrons. The maximum atomic E-state index is 13.1. The highest BCUT2D eigenvalue weighted by molar-refractivity contribution is 5.96. The van der Waals surface area contributed by atoms with Crippen molar-refractivity contribution in [1.29, 1.82) is 0 Å². The quantitative estimate of drug-likeness (QED) is 0.0895. The topological polar surface area (TPSA) is 243 Å². The fraction of sp³-hybridized carbons (Fsp3) is 0.457. The molecule has 7 N–H and O–H groups in total. The average molecular weight is 726 g/mol. The molecule has 17 heteroatoms. The summed E-state index contributed by atoms with van der Waals surface area (Å²) >= 11 is 0. The molecule has 52 heavy (non-hydrogen) atoms. The third-order valence-corrected chi connectivity index (χ3v) is 8.66. The number of carbonyl (C=O) groups is 4. The lowest BCUT2D eigenvalue weighted by molar-refractivity contribution is -0.123. The first-order valence-corrected chi connectivity index (χ1v) is 16.9. The van der Waals surface area contributed by atoms with Crippen LogP contribution in [0.1, 0.15) is 89.8 Å². The minimum Gasteiger partial charge on any atom is -0.503 e. The molecule has 0 saturated heterocycles. The summed E-state index contributed by atoms with van der Waals surface area (Å²) in [5.41, 5.74) is -3.60. The third-order valence-electron chi connectivity index (χ3n) is 8.66. The van der Waals surface area contributed by atoms with Crippen LogP contribution in [0.2, 0.25) is 0 Å². The summed E-state index contributed by atoms with van der Waals surface area (Å²) in [6.45, 7) is 2.20. The number of aromatic hydroxyl groups is 3. The van der Waals surface area contributed by atoms with E-state index < -0.39 is 56.8 Å². The minimum absolute atomic E-state index is 0.114. The molecule has 3 rings (SSSR count). The predicted molar refractivity (Wildman–Crippen MR) is 191 cm³/mol. The lowest BCUT2D eigenvalue weighted by Gasteiger charge is -2.36. The molecule has 0 spiro atoms. The highest BCUT2D eigenvalue weighted by Gasteiger charge is 2.31. The number of carbonyl (C=O) groups excluding carboxylic acids is 4. The summed E-state index contributed by atoms with van der Waals surface area (Å²) in [6, 6.07) is 3.41. The first-order valence-electron chi connectivity index (χ1n) is 16.9. The van der Waals surface area contributed by atoms with Gasteiger partial charge in [0.2, 0.25) is 22.2 Å². The molecule has 282 valence electrons. The van der Waals surface area contributed by atoms with E-state index in [1.54, 1.807) is 0 Å². The number of hydrogen-bond acceptors (Lipinski definition) is 10. The smallest absolute Gasteiger partial charge is 0.271 e. The monoisotopic (exact) mass is 725 g/mol. The summed E-state index contributed by atoms with van der Waals surface area (Å²) in [5.74, 6) is -4.26. The number of pyridine rings is 3. The van der Waals surface area contributed by atoms with Gasteiger partial charge in [0, 0.05) is 89.5 Å². The average Bonchev–Trinajstić information content (AvgIpc) is 3.09. The van der Waals surface area contributed by atoms with Crippen LogP contribution in [0.3, 0.4) is 0 Å². The number of aromatic nitrogens is 3. The Kier molecular flexibility index (Phi) is 14.3. The summed E-state index contributed by atoms with van der Waals surface area (Å²) in [6.07, 6.45) is 6.94. The molecule has 0 fully saturated rings. The van der Waals surface area contributed by atoms with Crippen molar-refractivity contribution in [2.75, 3.05) is 19.6 Å². The Labute approximate surface area is 299 Å². The van der Waals surface area contributed by atoms with E-state index in [9.17, 15) is 48.9 Å². The van der Waals surface area contributed by atoms with Gasteiger partial charge in [-0.15, -0.1) is 0 Å². The van der Waals surface area contributed by atoms with Gasteiger partial charge in [0.15, 0.2) is 34.3 Å². The zero-order valence-electron chi connectivity index (χ0n) is 29.8. The van der Waals surface area contributed by atoms with Crippen molar-refractivity contribution >= 4 is 23.6 Å². The molecule has 3 aromatic rings. The third kappa shape index (κ3) is 10.3. The van der Waals surface area contributed by atoms with E-state index in [2.05, 4.69) is 21.3 Å². The molecular formula is C35H47N7O10. The van der Waals surface area contributed by atoms with Gasteiger partial charge in [0.1, 0.15) is 0 Å². The zero-order chi connectivity index (χ0) is 38.6. The summed E-state index contributed by atoms with van der Waals surface area (Å²) in [4.78, 5) is 87.5. The summed E-state index contributed by atoms with van der Waals surface area (Å²) in [5, 5.41) is 41.8. The van der Waals surface area contributed by atoms with Crippen molar-refractivity contribution in [3.63, 3.8) is 0 Å². The second kappa shape index (κ2) is 18.4. The first kappa shape index (κ1) is 40.6. The fourth-order valence-corrected chi connectivity index (χ4v) is 5.94. The SMILES string of the molecule is CCCC(=O)NC(CCCNC(=O)c1c(O)c(=O)ccn1C)(CCCNC(=O)c1c(O)c(=O)ccn1C)CCCNC(=O)c1c(O)c(=O)ccn1C. The molecule has 17 nitrogen and oxygen atoms in total. The van der Waals surface area contributed by atoms with Crippen LogP contribution in [0.4, 0.5) is 0 Å². The second-order valence-corrected chi connectivity index (χ2v) is 12.6. The Morgan fingerprint density at radius 2 is 0.904 bits per heavy atom. The van der Waals surface area contributed by atoms with Gasteiger partial charge in [-0.05, 0) is 44.9 Å². The normalized spacial score (nSPS) is 11.2. The largest absolute Gasteiger partial charge is 0.503 e. The molecule has 0 unspecified atom stereocenters. The fourth-order valence-electron chi connectivity index (χ4n) is 5.94. The van der Waals surface area contributed by atoms with Crippen molar-refractivity contribution in [1.82, 2.24) is 35.0 Å². The van der Waals surface area contributed by atoms with Gasteiger partial charge in [0.25, 0.3) is 17.7 Å². The van der Waals surface area contributed by atoms with Crippen LogP contribution in [0, 0.1) is 0 Å². The van der Waals surface area contributed by atoms with Gasteiger partial charge < -0.3 is 50.3 Å². The van der Waals surface area contributed by atoms with E-state index in [4.69, 9.17) is 0 Å². The lowest BCUT2D eigenvalue weighted by Crippen LogP contribution is -2.49. The molecule has 0 aromatic carbocycles. The molecule has 0 bridgehead atoms. The Morgan fingerprint density at radius 3 is 1.19 bits per heavy atom. The Hall–Kier alpha value is -5.87. The number of nitrogens with one attached hydrogen (secondary N) is 4. The summed E-state index contributed by atoms with van der Waals surface area (Å²) in [7, 11) is 4.53. The maximum Gasteiger partial charge on any atom is 0.271 e. The molecule has 3 heterocycles. The Morgan fingerprint density at radius 1 is 0.596 bits per heavy atom. The molecule has 0 aliphatic heterocycles.